The summed E-state index contributed by atoms with van der Waals surface area (Å²) in [5.41, 5.74) is 2.18. The maximum absolute atomic E-state index is 12.6. The molecule has 0 spiro atoms. The summed E-state index contributed by atoms with van der Waals surface area (Å²) in [5, 5.41) is 3.37. The average Bonchev–Trinajstić information content (AvgIpc) is 3.26. The van der Waals surface area contributed by atoms with Crippen molar-refractivity contribution in [3.63, 3.8) is 0 Å². The molecule has 0 aliphatic carbocycles. The number of carbonyl (C=O) groups excluding carboxylic acids is 1. The van der Waals surface area contributed by atoms with Crippen LogP contribution in [-0.2, 0) is 6.18 Å². The quantitative estimate of drug-likeness (QED) is 0.597. The normalized spacial score (nSPS) is 15.2. The van der Waals surface area contributed by atoms with E-state index >= 15 is 0 Å². The lowest BCUT2D eigenvalue weighted by Gasteiger charge is -2.32. The van der Waals surface area contributed by atoms with Gasteiger partial charge in [0.05, 0.1) is 0 Å². The molecule has 0 saturated carbocycles. The fraction of sp³-hybridized carbons (Fsp3) is 0.318. The van der Waals surface area contributed by atoms with E-state index in [0.29, 0.717) is 42.8 Å². The number of rotatable bonds is 4. The zero-order valence-corrected chi connectivity index (χ0v) is 16.7. The first-order valence-corrected chi connectivity index (χ1v) is 9.83. The Morgan fingerprint density at radius 3 is 2.29 bits per heavy atom. The van der Waals surface area contributed by atoms with Gasteiger partial charge in [0.1, 0.15) is 11.9 Å². The number of aryl methyl sites for hydroxylation is 1. The number of piperidine rings is 1. The summed E-state index contributed by atoms with van der Waals surface area (Å²) >= 11 is 0. The van der Waals surface area contributed by atoms with Gasteiger partial charge in [0, 0.05) is 37.1 Å². The van der Waals surface area contributed by atoms with Crippen LogP contribution >= 0.6 is 0 Å². The van der Waals surface area contributed by atoms with E-state index in [0.717, 1.165) is 5.56 Å². The Morgan fingerprint density at radius 1 is 1.06 bits per heavy atom. The Hall–Kier alpha value is -3.36. The van der Waals surface area contributed by atoms with Gasteiger partial charge in [-0.25, -0.2) is 0 Å². The van der Waals surface area contributed by atoms with E-state index in [1.807, 2.05) is 36.1 Å². The number of carbonyl (C=O) groups is 1. The average molecular weight is 431 g/mol. The van der Waals surface area contributed by atoms with Crippen LogP contribution in [0.4, 0.5) is 13.2 Å². The van der Waals surface area contributed by atoms with Crippen molar-refractivity contribution in [1.29, 1.82) is 0 Å². The first kappa shape index (κ1) is 20.9. The summed E-state index contributed by atoms with van der Waals surface area (Å²) in [6.45, 7) is 3.17. The second-order valence-electron chi connectivity index (χ2n) is 7.42. The molecule has 1 saturated heterocycles. The summed E-state index contributed by atoms with van der Waals surface area (Å²) in [6.07, 6.45) is -3.34. The van der Waals surface area contributed by atoms with Crippen LogP contribution in [0.3, 0.4) is 0 Å². The third kappa shape index (κ3) is 4.87. The number of aromatic nitrogens is 2. The molecule has 1 fully saturated rings. The SMILES string of the molecule is Cc1ccc(C(=O)N2CCC(Oc3ccc(-c4noc(C(F)(F)F)n4)cc3)CC2)cc1. The van der Waals surface area contributed by atoms with Crippen LogP contribution in [-0.4, -0.2) is 40.1 Å². The highest BCUT2D eigenvalue weighted by Crippen LogP contribution is 2.30. The van der Waals surface area contributed by atoms with Gasteiger partial charge in [0.15, 0.2) is 0 Å². The van der Waals surface area contributed by atoms with Gasteiger partial charge in [-0.15, -0.1) is 0 Å². The van der Waals surface area contributed by atoms with Crippen LogP contribution < -0.4 is 4.74 Å². The van der Waals surface area contributed by atoms with Crippen LogP contribution in [0, 0.1) is 6.92 Å². The van der Waals surface area contributed by atoms with Crippen molar-refractivity contribution >= 4 is 5.91 Å². The molecular weight excluding hydrogens is 411 g/mol. The molecule has 1 aromatic heterocycles. The van der Waals surface area contributed by atoms with Crippen molar-refractivity contribution < 1.29 is 27.2 Å². The van der Waals surface area contributed by atoms with Crippen LogP contribution in [0.15, 0.2) is 53.1 Å². The Kier molecular flexibility index (Phi) is 5.67. The summed E-state index contributed by atoms with van der Waals surface area (Å²) in [7, 11) is 0. The topological polar surface area (TPSA) is 68.5 Å². The minimum absolute atomic E-state index is 0.0149. The van der Waals surface area contributed by atoms with Gasteiger partial charge in [-0.1, -0.05) is 22.9 Å². The van der Waals surface area contributed by atoms with Crippen molar-refractivity contribution in [2.45, 2.75) is 32.0 Å². The van der Waals surface area contributed by atoms with Crippen molar-refractivity contribution in [3.8, 4) is 17.1 Å². The molecule has 1 aliphatic heterocycles. The molecule has 0 N–H and O–H groups in total. The van der Waals surface area contributed by atoms with Gasteiger partial charge in [0.25, 0.3) is 5.91 Å². The van der Waals surface area contributed by atoms with E-state index in [9.17, 15) is 18.0 Å². The molecular formula is C22H20F3N3O3. The molecule has 3 aromatic rings. The van der Waals surface area contributed by atoms with Crippen LogP contribution in [0.5, 0.6) is 5.75 Å². The van der Waals surface area contributed by atoms with E-state index in [1.54, 1.807) is 24.3 Å². The molecule has 9 heteroatoms. The molecule has 4 rings (SSSR count). The predicted octanol–water partition coefficient (Wildman–Crippen LogP) is 4.75. The zero-order chi connectivity index (χ0) is 22.0. The lowest BCUT2D eigenvalue weighted by molar-refractivity contribution is -0.159. The molecule has 0 unspecified atom stereocenters. The predicted molar refractivity (Wildman–Crippen MR) is 105 cm³/mol. The molecule has 1 aliphatic rings. The van der Waals surface area contributed by atoms with Gasteiger partial charge in [-0.2, -0.15) is 18.2 Å². The van der Waals surface area contributed by atoms with Gasteiger partial charge >= 0.3 is 12.1 Å². The van der Waals surface area contributed by atoms with Crippen molar-refractivity contribution in [2.75, 3.05) is 13.1 Å². The zero-order valence-electron chi connectivity index (χ0n) is 16.7. The number of nitrogens with zero attached hydrogens (tertiary/aromatic N) is 3. The number of likely N-dealkylation sites (tertiary alicyclic amines) is 1. The molecule has 162 valence electrons. The van der Waals surface area contributed by atoms with E-state index in [-0.39, 0.29) is 17.8 Å². The van der Waals surface area contributed by atoms with Crippen LogP contribution in [0.1, 0.15) is 34.7 Å². The number of hydrogen-bond acceptors (Lipinski definition) is 5. The molecule has 0 atom stereocenters. The fourth-order valence-electron chi connectivity index (χ4n) is 3.39. The highest BCUT2D eigenvalue weighted by atomic mass is 19.4. The van der Waals surface area contributed by atoms with Gasteiger partial charge in [0.2, 0.25) is 5.82 Å². The van der Waals surface area contributed by atoms with E-state index in [1.165, 1.54) is 0 Å². The lowest BCUT2D eigenvalue weighted by atomic mass is 10.1. The maximum atomic E-state index is 12.6. The minimum atomic E-state index is -4.68. The van der Waals surface area contributed by atoms with E-state index in [2.05, 4.69) is 14.7 Å². The van der Waals surface area contributed by atoms with E-state index < -0.39 is 12.1 Å². The number of benzene rings is 2. The summed E-state index contributed by atoms with van der Waals surface area (Å²) in [4.78, 5) is 17.8. The summed E-state index contributed by atoms with van der Waals surface area (Å²) in [6, 6.07) is 14.0. The number of amides is 1. The number of ether oxygens (including phenoxy) is 1. The smallest absolute Gasteiger partial charge is 0.471 e. The monoisotopic (exact) mass is 431 g/mol. The van der Waals surface area contributed by atoms with Gasteiger partial charge < -0.3 is 14.2 Å². The van der Waals surface area contributed by atoms with Crippen LogP contribution in [0.25, 0.3) is 11.4 Å². The van der Waals surface area contributed by atoms with Crippen molar-refractivity contribution in [3.05, 3.63) is 65.5 Å². The van der Waals surface area contributed by atoms with Crippen molar-refractivity contribution in [1.82, 2.24) is 15.0 Å². The third-order valence-corrected chi connectivity index (χ3v) is 5.11. The second-order valence-corrected chi connectivity index (χ2v) is 7.42. The largest absolute Gasteiger partial charge is 0.490 e. The highest BCUT2D eigenvalue weighted by molar-refractivity contribution is 5.94. The molecule has 2 aromatic carbocycles. The first-order chi connectivity index (χ1) is 14.8. The first-order valence-electron chi connectivity index (χ1n) is 9.83. The Bertz CT molecular complexity index is 1040. The van der Waals surface area contributed by atoms with E-state index in [4.69, 9.17) is 4.74 Å². The molecule has 2 heterocycles. The Labute approximate surface area is 176 Å². The number of hydrogen-bond donors (Lipinski definition) is 0. The lowest BCUT2D eigenvalue weighted by Crippen LogP contribution is -2.41. The molecule has 31 heavy (non-hydrogen) atoms. The Balaban J connectivity index is 1.32. The van der Waals surface area contributed by atoms with Crippen LogP contribution in [0.2, 0.25) is 0 Å². The second kappa shape index (κ2) is 8.41. The Morgan fingerprint density at radius 2 is 1.71 bits per heavy atom. The number of alkyl halides is 3. The fourth-order valence-corrected chi connectivity index (χ4v) is 3.39. The molecule has 0 bridgehead atoms. The summed E-state index contributed by atoms with van der Waals surface area (Å²) < 4.78 is 48.0. The summed E-state index contributed by atoms with van der Waals surface area (Å²) in [5.74, 6) is -0.913. The third-order valence-electron chi connectivity index (χ3n) is 5.11. The standard InChI is InChI=1S/C22H20F3N3O3/c1-14-2-4-16(5-3-14)20(29)28-12-10-18(11-13-28)30-17-8-6-15(7-9-17)19-26-21(31-27-19)22(23,24)25/h2-9,18H,10-13H2,1H3. The number of halogens is 3. The molecule has 0 radical (unpaired) electrons. The van der Waals surface area contributed by atoms with Crippen molar-refractivity contribution in [2.24, 2.45) is 0 Å². The van der Waals surface area contributed by atoms with Gasteiger partial charge in [-0.05, 0) is 43.3 Å². The molecule has 1 amide bonds. The molecule has 6 nitrogen and oxygen atoms in total. The highest BCUT2D eigenvalue weighted by Gasteiger charge is 2.38. The van der Waals surface area contributed by atoms with Gasteiger partial charge in [-0.3, -0.25) is 4.79 Å². The minimum Gasteiger partial charge on any atom is -0.490 e. The maximum Gasteiger partial charge on any atom is 0.471 e.